The number of aromatic nitrogens is 2. The second-order valence-electron chi connectivity index (χ2n) is 10.5. The van der Waals surface area contributed by atoms with E-state index in [-0.39, 0.29) is 18.5 Å². The molecule has 0 radical (unpaired) electrons. The van der Waals surface area contributed by atoms with Crippen molar-refractivity contribution in [1.82, 2.24) is 14.9 Å². The summed E-state index contributed by atoms with van der Waals surface area (Å²) < 4.78 is 26.4. The van der Waals surface area contributed by atoms with E-state index in [9.17, 15) is 19.5 Å². The second-order valence-corrected chi connectivity index (χ2v) is 10.5. The maximum atomic E-state index is 12.9. The van der Waals surface area contributed by atoms with Gasteiger partial charge < -0.3 is 34.5 Å². The van der Waals surface area contributed by atoms with Crippen molar-refractivity contribution in [3.05, 3.63) is 146 Å². The number of carbonyl (C=O) groups is 1. The van der Waals surface area contributed by atoms with Gasteiger partial charge in [0.25, 0.3) is 5.56 Å². The number of nitrogens with one attached hydrogen (secondary N) is 2. The van der Waals surface area contributed by atoms with Crippen LogP contribution in [0.3, 0.4) is 0 Å². The minimum Gasteiger partial charge on any atom is -0.465 e. The number of carboxylic acid groups (broad SMARTS) is 1. The summed E-state index contributed by atoms with van der Waals surface area (Å²) in [5.74, 6) is -2.02. The molecule has 0 aliphatic carbocycles. The Bertz CT molecular complexity index is 1660. The summed E-state index contributed by atoms with van der Waals surface area (Å²) in [6, 6.07) is 28.6. The lowest BCUT2D eigenvalue weighted by atomic mass is 9.80. The van der Waals surface area contributed by atoms with Gasteiger partial charge in [0.15, 0.2) is 6.10 Å². The van der Waals surface area contributed by atoms with Crippen LogP contribution in [0.2, 0.25) is 0 Å². The molecule has 46 heavy (non-hydrogen) atoms. The summed E-state index contributed by atoms with van der Waals surface area (Å²) in [6.07, 6.45) is -0.800. The van der Waals surface area contributed by atoms with E-state index in [1.807, 2.05) is 91.0 Å². The molecule has 0 spiro atoms. The number of rotatable bonds is 12. The van der Waals surface area contributed by atoms with E-state index in [0.29, 0.717) is 0 Å². The summed E-state index contributed by atoms with van der Waals surface area (Å²) in [6.45, 7) is -0.0534. The molecule has 1 amide bonds. The molecule has 1 saturated heterocycles. The van der Waals surface area contributed by atoms with Gasteiger partial charge in [-0.1, -0.05) is 103 Å². The van der Waals surface area contributed by atoms with Crippen LogP contribution in [0.5, 0.6) is 0 Å². The number of benzene rings is 3. The van der Waals surface area contributed by atoms with Crippen molar-refractivity contribution in [2.24, 2.45) is 0 Å². The Labute approximate surface area is 264 Å². The number of ether oxygens (including phenoxy) is 4. The SMILES string of the molecule is COC(OC)(OC(c1ccccc1)(c1ccccc1)c1ccccc1)[C@H]1O[C@@H](n2cc(/C=C/CNC(=O)O)c(=O)[nH]c2=O)C[C@@H]1O. The molecule has 1 aliphatic heterocycles. The van der Waals surface area contributed by atoms with Crippen molar-refractivity contribution in [2.45, 2.75) is 36.4 Å². The molecule has 1 fully saturated rings. The molecular formula is C34H35N3O9. The maximum Gasteiger partial charge on any atom is 0.404 e. The molecule has 4 N–H and O–H groups in total. The van der Waals surface area contributed by atoms with Crippen LogP contribution in [0, 0.1) is 0 Å². The fraction of sp³-hybridized carbons (Fsp3) is 0.265. The van der Waals surface area contributed by atoms with Gasteiger partial charge in [-0.05, 0) is 16.7 Å². The Morgan fingerprint density at radius 3 is 1.96 bits per heavy atom. The molecule has 1 aliphatic rings. The first-order valence-electron chi connectivity index (χ1n) is 14.5. The molecule has 0 bridgehead atoms. The molecule has 3 aromatic carbocycles. The van der Waals surface area contributed by atoms with Gasteiger partial charge in [-0.2, -0.15) is 0 Å². The molecule has 240 valence electrons. The number of aliphatic hydroxyl groups excluding tert-OH is 1. The van der Waals surface area contributed by atoms with Crippen LogP contribution in [-0.2, 0) is 24.5 Å². The summed E-state index contributed by atoms with van der Waals surface area (Å²) in [5.41, 5.74) is -0.439. The average Bonchev–Trinajstić information content (AvgIpc) is 3.47. The van der Waals surface area contributed by atoms with Crippen LogP contribution >= 0.6 is 0 Å². The number of hydrogen-bond donors (Lipinski definition) is 4. The molecule has 4 aromatic rings. The van der Waals surface area contributed by atoms with Gasteiger partial charge >= 0.3 is 17.8 Å². The number of nitrogens with zero attached hydrogens (tertiary/aromatic N) is 1. The molecule has 12 heteroatoms. The molecule has 3 atom stereocenters. The molecule has 1 aromatic heterocycles. The minimum absolute atomic E-state index is 0.0534. The number of methoxy groups -OCH3 is 2. The van der Waals surface area contributed by atoms with Crippen LogP contribution in [-0.4, -0.2) is 64.8 Å². The largest absolute Gasteiger partial charge is 0.465 e. The molecule has 2 heterocycles. The Morgan fingerprint density at radius 2 is 1.48 bits per heavy atom. The molecule has 12 nitrogen and oxygen atoms in total. The Morgan fingerprint density at radius 1 is 0.957 bits per heavy atom. The zero-order valence-corrected chi connectivity index (χ0v) is 25.2. The van der Waals surface area contributed by atoms with Crippen molar-refractivity contribution in [1.29, 1.82) is 0 Å². The fourth-order valence-electron chi connectivity index (χ4n) is 5.68. The van der Waals surface area contributed by atoms with Gasteiger partial charge in [0.2, 0.25) is 0 Å². The maximum absolute atomic E-state index is 12.9. The molecular weight excluding hydrogens is 594 g/mol. The average molecular weight is 630 g/mol. The van der Waals surface area contributed by atoms with Gasteiger partial charge in [0.05, 0.1) is 11.7 Å². The van der Waals surface area contributed by atoms with E-state index in [1.165, 1.54) is 32.6 Å². The summed E-state index contributed by atoms with van der Waals surface area (Å²) in [7, 11) is 2.75. The van der Waals surface area contributed by atoms with Crippen LogP contribution < -0.4 is 16.6 Å². The molecule has 0 saturated carbocycles. The normalized spacial score (nSPS) is 18.5. The quantitative estimate of drug-likeness (QED) is 0.136. The highest BCUT2D eigenvalue weighted by Gasteiger charge is 2.57. The predicted octanol–water partition coefficient (Wildman–Crippen LogP) is 3.42. The van der Waals surface area contributed by atoms with Gasteiger partial charge in [-0.3, -0.25) is 14.3 Å². The van der Waals surface area contributed by atoms with Gasteiger partial charge in [0.1, 0.15) is 11.8 Å². The zero-order valence-electron chi connectivity index (χ0n) is 25.2. The van der Waals surface area contributed by atoms with Crippen LogP contribution in [0.4, 0.5) is 4.79 Å². The summed E-state index contributed by atoms with van der Waals surface area (Å²) in [4.78, 5) is 38.4. The monoisotopic (exact) mass is 629 g/mol. The van der Waals surface area contributed by atoms with Crippen molar-refractivity contribution >= 4 is 12.2 Å². The van der Waals surface area contributed by atoms with Crippen LogP contribution in [0.25, 0.3) is 6.08 Å². The highest BCUT2D eigenvalue weighted by molar-refractivity contribution is 5.64. The highest BCUT2D eigenvalue weighted by Crippen LogP contribution is 2.47. The van der Waals surface area contributed by atoms with Crippen molar-refractivity contribution in [3.8, 4) is 0 Å². The third kappa shape index (κ3) is 6.43. The third-order valence-electron chi connectivity index (χ3n) is 7.82. The van der Waals surface area contributed by atoms with Gasteiger partial charge in [-0.25, -0.2) is 9.59 Å². The number of hydrogen-bond acceptors (Lipinski definition) is 8. The number of aliphatic hydroxyl groups is 1. The van der Waals surface area contributed by atoms with Crippen molar-refractivity contribution in [3.63, 3.8) is 0 Å². The number of aromatic amines is 1. The van der Waals surface area contributed by atoms with E-state index < -0.39 is 47.4 Å². The first-order chi connectivity index (χ1) is 22.2. The smallest absolute Gasteiger partial charge is 0.404 e. The third-order valence-corrected chi connectivity index (χ3v) is 7.82. The Balaban J connectivity index is 1.57. The minimum atomic E-state index is -2.02. The number of H-pyrrole nitrogens is 1. The molecule has 0 unspecified atom stereocenters. The van der Waals surface area contributed by atoms with Gasteiger partial charge in [0, 0.05) is 33.4 Å². The lowest BCUT2D eigenvalue weighted by molar-refractivity contribution is -0.428. The van der Waals surface area contributed by atoms with Crippen LogP contribution in [0.1, 0.15) is 34.9 Å². The van der Waals surface area contributed by atoms with E-state index in [2.05, 4.69) is 10.3 Å². The standard InChI is InChI=1S/C34H35N3O9/c1-43-34(44-2,29-27(38)21-28(45-29)37-22-23(30(39)36-31(37)40)13-12-20-35-32(41)42)46-33(24-14-6-3-7-15-24,25-16-8-4-9-17-25)26-18-10-5-11-19-26/h3-19,22,27-29,35,38H,20-21H2,1-2H3,(H,41,42)(H,36,39,40)/b13-12+/t27-,28+,29-/m0/s1. The second kappa shape index (κ2) is 14.1. The first-order valence-corrected chi connectivity index (χ1v) is 14.5. The first kappa shape index (κ1) is 32.5. The lowest BCUT2D eigenvalue weighted by Gasteiger charge is -2.45. The Kier molecular flexibility index (Phi) is 9.95. The van der Waals surface area contributed by atoms with Crippen molar-refractivity contribution < 1.29 is 34.0 Å². The topological polar surface area (TPSA) is 161 Å². The van der Waals surface area contributed by atoms with E-state index in [1.54, 1.807) is 0 Å². The van der Waals surface area contributed by atoms with Crippen molar-refractivity contribution in [2.75, 3.05) is 20.8 Å². The number of amides is 1. The Hall–Kier alpha value is -4.85. The highest BCUT2D eigenvalue weighted by atomic mass is 16.9. The molecule has 5 rings (SSSR count). The lowest BCUT2D eigenvalue weighted by Crippen LogP contribution is -2.57. The summed E-state index contributed by atoms with van der Waals surface area (Å²) >= 11 is 0. The van der Waals surface area contributed by atoms with E-state index >= 15 is 0 Å². The van der Waals surface area contributed by atoms with Crippen LogP contribution in [0.15, 0.2) is 113 Å². The van der Waals surface area contributed by atoms with E-state index in [0.717, 1.165) is 21.3 Å². The zero-order chi connectivity index (χ0) is 32.7. The van der Waals surface area contributed by atoms with E-state index in [4.69, 9.17) is 24.1 Å². The van der Waals surface area contributed by atoms with Gasteiger partial charge in [-0.15, -0.1) is 0 Å². The summed E-state index contributed by atoms with van der Waals surface area (Å²) in [5, 5.41) is 22.4. The fourth-order valence-corrected chi connectivity index (χ4v) is 5.68. The predicted molar refractivity (Wildman–Crippen MR) is 168 cm³/mol.